The molecule has 0 bridgehead atoms. The number of aliphatic hydroxyl groups is 1. The van der Waals surface area contributed by atoms with Crippen LogP contribution >= 0.6 is 0 Å². The average Bonchev–Trinajstić information content (AvgIpc) is 3.27. The molecule has 1 unspecified atom stereocenters. The Kier molecular flexibility index (Phi) is 5.02. The van der Waals surface area contributed by atoms with Crippen LogP contribution in [0, 0.1) is 6.92 Å². The first kappa shape index (κ1) is 19.1. The number of Topliss-reactive ketones (excluding diaryl/α,β-unsaturated/α-hetero) is 1. The number of ketones is 1. The van der Waals surface area contributed by atoms with Crippen LogP contribution in [0.4, 0.5) is 0 Å². The summed E-state index contributed by atoms with van der Waals surface area (Å²) in [5, 5.41) is 11.0. The van der Waals surface area contributed by atoms with Crippen LogP contribution in [0.3, 0.4) is 0 Å². The van der Waals surface area contributed by atoms with E-state index in [-0.39, 0.29) is 24.5 Å². The first-order valence-electron chi connectivity index (χ1n) is 9.25. The number of fused-ring (bicyclic) bond motifs is 1. The summed E-state index contributed by atoms with van der Waals surface area (Å²) in [6.07, 6.45) is 0. The molecular formula is C21H21NO7. The molecule has 1 fully saturated rings. The van der Waals surface area contributed by atoms with E-state index in [1.165, 1.54) is 12.0 Å². The maximum absolute atomic E-state index is 12.8. The molecule has 8 nitrogen and oxygen atoms in total. The molecule has 29 heavy (non-hydrogen) atoms. The van der Waals surface area contributed by atoms with Crippen molar-refractivity contribution in [3.8, 4) is 11.5 Å². The fourth-order valence-corrected chi connectivity index (χ4v) is 3.54. The van der Waals surface area contributed by atoms with E-state index in [0.29, 0.717) is 41.8 Å². The topological polar surface area (TPSA) is 98.4 Å². The van der Waals surface area contributed by atoms with E-state index >= 15 is 0 Å². The van der Waals surface area contributed by atoms with Gasteiger partial charge in [-0.15, -0.1) is 0 Å². The van der Waals surface area contributed by atoms with Crippen LogP contribution in [0.2, 0.25) is 0 Å². The molecule has 1 aromatic heterocycles. The molecule has 2 aliphatic rings. The highest BCUT2D eigenvalue weighted by Crippen LogP contribution is 2.41. The van der Waals surface area contributed by atoms with E-state index in [1.807, 2.05) is 0 Å². The second-order valence-corrected chi connectivity index (χ2v) is 6.79. The van der Waals surface area contributed by atoms with Crippen LogP contribution in [-0.4, -0.2) is 55.2 Å². The first-order chi connectivity index (χ1) is 14.0. The van der Waals surface area contributed by atoms with Gasteiger partial charge in [0.1, 0.15) is 36.5 Å². The molecule has 1 N–H and O–H groups in total. The fourth-order valence-electron chi connectivity index (χ4n) is 3.54. The van der Waals surface area contributed by atoms with Crippen molar-refractivity contribution in [3.63, 3.8) is 0 Å². The monoisotopic (exact) mass is 399 g/mol. The van der Waals surface area contributed by atoms with Gasteiger partial charge in [0, 0.05) is 19.2 Å². The SMILES string of the molecule is COCCN1C(=O)C(=O)/C(=C(/O)c2ccc3c(c2)OCCO3)C1c1ccc(C)o1. The highest BCUT2D eigenvalue weighted by molar-refractivity contribution is 6.46. The summed E-state index contributed by atoms with van der Waals surface area (Å²) in [6, 6.07) is 7.48. The molecule has 1 amide bonds. The number of methoxy groups -OCH3 is 1. The standard InChI is InChI=1S/C21H21NO7/c1-12-3-5-15(29-12)18-17(20(24)21(25)22(18)7-8-26-2)19(23)13-4-6-14-16(11-13)28-10-9-27-14/h3-6,11,18,23H,7-10H2,1-2H3/b19-17+. The van der Waals surface area contributed by atoms with Gasteiger partial charge in [0.25, 0.3) is 11.7 Å². The average molecular weight is 399 g/mol. The summed E-state index contributed by atoms with van der Waals surface area (Å²) in [5.74, 6) is 0.298. The van der Waals surface area contributed by atoms with Gasteiger partial charge in [0.15, 0.2) is 11.5 Å². The van der Waals surface area contributed by atoms with E-state index in [2.05, 4.69) is 0 Å². The third-order valence-electron chi connectivity index (χ3n) is 4.92. The number of amides is 1. The summed E-state index contributed by atoms with van der Waals surface area (Å²) >= 11 is 0. The summed E-state index contributed by atoms with van der Waals surface area (Å²) in [4.78, 5) is 26.9. The summed E-state index contributed by atoms with van der Waals surface area (Å²) in [6.45, 7) is 3.04. The molecule has 2 aromatic rings. The van der Waals surface area contributed by atoms with E-state index < -0.39 is 17.7 Å². The normalized spacial score (nSPS) is 20.3. The molecule has 8 heteroatoms. The third kappa shape index (κ3) is 3.36. The lowest BCUT2D eigenvalue weighted by molar-refractivity contribution is -0.140. The van der Waals surface area contributed by atoms with Crippen LogP contribution in [0.25, 0.3) is 5.76 Å². The van der Waals surface area contributed by atoms with Crippen LogP contribution in [-0.2, 0) is 14.3 Å². The minimum Gasteiger partial charge on any atom is -0.507 e. The lowest BCUT2D eigenvalue weighted by Gasteiger charge is -2.23. The molecule has 3 heterocycles. The van der Waals surface area contributed by atoms with Crippen LogP contribution < -0.4 is 9.47 Å². The number of benzene rings is 1. The predicted octanol–water partition coefficient (Wildman–Crippen LogP) is 2.43. The van der Waals surface area contributed by atoms with Gasteiger partial charge < -0.3 is 28.6 Å². The van der Waals surface area contributed by atoms with Gasteiger partial charge in [-0.25, -0.2) is 0 Å². The molecule has 0 radical (unpaired) electrons. The van der Waals surface area contributed by atoms with Gasteiger partial charge in [-0.3, -0.25) is 9.59 Å². The number of nitrogens with zero attached hydrogens (tertiary/aromatic N) is 1. The molecule has 4 rings (SSSR count). The zero-order valence-electron chi connectivity index (χ0n) is 16.1. The van der Waals surface area contributed by atoms with Crippen LogP contribution in [0.1, 0.15) is 23.1 Å². The molecule has 0 aliphatic carbocycles. The number of carbonyl (C=O) groups is 2. The minimum atomic E-state index is -0.841. The third-order valence-corrected chi connectivity index (χ3v) is 4.92. The number of likely N-dealkylation sites (tertiary alicyclic amines) is 1. The molecule has 1 aromatic carbocycles. The predicted molar refractivity (Wildman–Crippen MR) is 102 cm³/mol. The highest BCUT2D eigenvalue weighted by atomic mass is 16.6. The number of carbonyl (C=O) groups excluding carboxylic acids is 2. The molecule has 0 spiro atoms. The fraction of sp³-hybridized carbons (Fsp3) is 0.333. The largest absolute Gasteiger partial charge is 0.507 e. The Bertz CT molecular complexity index is 991. The molecule has 1 atom stereocenters. The van der Waals surface area contributed by atoms with Crippen molar-refractivity contribution in [1.29, 1.82) is 0 Å². The van der Waals surface area contributed by atoms with Gasteiger partial charge in [-0.05, 0) is 37.3 Å². The van der Waals surface area contributed by atoms with Gasteiger partial charge in [0.2, 0.25) is 0 Å². The lowest BCUT2D eigenvalue weighted by atomic mass is 9.99. The number of ether oxygens (including phenoxy) is 3. The second kappa shape index (κ2) is 7.63. The van der Waals surface area contributed by atoms with Crippen LogP contribution in [0.15, 0.2) is 40.3 Å². The number of rotatable bonds is 5. The Balaban J connectivity index is 1.82. The lowest BCUT2D eigenvalue weighted by Crippen LogP contribution is -2.32. The van der Waals surface area contributed by atoms with Gasteiger partial charge in [-0.2, -0.15) is 0 Å². The van der Waals surface area contributed by atoms with Gasteiger partial charge >= 0.3 is 0 Å². The van der Waals surface area contributed by atoms with Crippen molar-refractivity contribution in [2.45, 2.75) is 13.0 Å². The molecule has 152 valence electrons. The zero-order valence-corrected chi connectivity index (χ0v) is 16.1. The quantitative estimate of drug-likeness (QED) is 0.468. The van der Waals surface area contributed by atoms with E-state index in [4.69, 9.17) is 18.6 Å². The van der Waals surface area contributed by atoms with Crippen molar-refractivity contribution >= 4 is 17.4 Å². The molecule has 0 saturated carbocycles. The van der Waals surface area contributed by atoms with E-state index in [0.717, 1.165) is 0 Å². The van der Waals surface area contributed by atoms with E-state index in [1.54, 1.807) is 37.3 Å². The summed E-state index contributed by atoms with van der Waals surface area (Å²) < 4.78 is 21.8. The minimum absolute atomic E-state index is 0.0304. The van der Waals surface area contributed by atoms with Gasteiger partial charge in [-0.1, -0.05) is 0 Å². The number of hydrogen-bond donors (Lipinski definition) is 1. The Morgan fingerprint density at radius 2 is 1.93 bits per heavy atom. The molecule has 1 saturated heterocycles. The second-order valence-electron chi connectivity index (χ2n) is 6.79. The van der Waals surface area contributed by atoms with Crippen molar-refractivity contribution in [3.05, 3.63) is 53.0 Å². The van der Waals surface area contributed by atoms with E-state index in [9.17, 15) is 14.7 Å². The smallest absolute Gasteiger partial charge is 0.295 e. The number of aliphatic hydroxyl groups excluding tert-OH is 1. The number of hydrogen-bond acceptors (Lipinski definition) is 7. The Morgan fingerprint density at radius 1 is 1.17 bits per heavy atom. The Labute approximate surface area is 167 Å². The van der Waals surface area contributed by atoms with Crippen LogP contribution in [0.5, 0.6) is 11.5 Å². The molecular weight excluding hydrogens is 378 g/mol. The van der Waals surface area contributed by atoms with Crippen molar-refractivity contribution in [2.75, 3.05) is 33.5 Å². The first-order valence-corrected chi connectivity index (χ1v) is 9.25. The van der Waals surface area contributed by atoms with Gasteiger partial charge in [0.05, 0.1) is 12.2 Å². The van der Waals surface area contributed by atoms with Crippen molar-refractivity contribution < 1.29 is 33.3 Å². The maximum Gasteiger partial charge on any atom is 0.295 e. The Morgan fingerprint density at radius 3 is 2.62 bits per heavy atom. The van der Waals surface area contributed by atoms with Crippen molar-refractivity contribution in [1.82, 2.24) is 4.90 Å². The highest BCUT2D eigenvalue weighted by Gasteiger charge is 2.47. The summed E-state index contributed by atoms with van der Waals surface area (Å²) in [5.41, 5.74) is 0.324. The molecule has 2 aliphatic heterocycles. The maximum atomic E-state index is 12.8. The van der Waals surface area contributed by atoms with Crippen molar-refractivity contribution in [2.24, 2.45) is 0 Å². The zero-order chi connectivity index (χ0) is 20.5. The summed E-state index contributed by atoms with van der Waals surface area (Å²) in [7, 11) is 1.51. The number of furan rings is 1. The number of aryl methyl sites for hydroxylation is 1. The Hall–Kier alpha value is -3.26.